The molecule has 3 aromatic rings. The van der Waals surface area contributed by atoms with Crippen LogP contribution in [0.2, 0.25) is 0 Å². The number of fused-ring (bicyclic) bond motifs is 3. The van der Waals surface area contributed by atoms with E-state index in [1.54, 1.807) is 18.4 Å². The van der Waals surface area contributed by atoms with Gasteiger partial charge >= 0.3 is 5.97 Å². The highest BCUT2D eigenvalue weighted by atomic mass is 32.1. The fraction of sp³-hybridized carbons (Fsp3) is 0.391. The van der Waals surface area contributed by atoms with Crippen molar-refractivity contribution in [3.63, 3.8) is 0 Å². The highest BCUT2D eigenvalue weighted by Gasteiger charge is 2.28. The molecule has 4 nitrogen and oxygen atoms in total. The van der Waals surface area contributed by atoms with Gasteiger partial charge in [0.2, 0.25) is 0 Å². The minimum Gasteiger partial charge on any atom is -0.496 e. The lowest BCUT2D eigenvalue weighted by Crippen LogP contribution is -2.08. The van der Waals surface area contributed by atoms with Gasteiger partial charge in [0, 0.05) is 27.1 Å². The Kier molecular flexibility index (Phi) is 4.88. The van der Waals surface area contributed by atoms with E-state index in [4.69, 9.17) is 9.72 Å². The number of aliphatic carboxylic acids is 1. The van der Waals surface area contributed by atoms with Gasteiger partial charge in [-0.3, -0.25) is 4.79 Å². The van der Waals surface area contributed by atoms with Crippen LogP contribution in [0.1, 0.15) is 52.9 Å². The summed E-state index contributed by atoms with van der Waals surface area (Å²) in [5.74, 6) is 0.394. The molecule has 28 heavy (non-hydrogen) atoms. The standard InChI is InChI=1S/C23H25NO3S/c1-12-8-9-15(17(10-12)27-4)21-16(11-19(25)26)14(3)24-23-22(21)20-13(2)6-5-7-18(20)28-23/h8-10,13H,5-7,11H2,1-4H3,(H,25,26). The predicted octanol–water partition coefficient (Wildman–Crippen LogP) is 5.66. The van der Waals surface area contributed by atoms with Crippen molar-refractivity contribution in [3.05, 3.63) is 45.5 Å². The second-order valence-electron chi connectivity index (χ2n) is 7.74. The van der Waals surface area contributed by atoms with Gasteiger partial charge in [-0.25, -0.2) is 4.98 Å². The Hall–Kier alpha value is -2.40. The summed E-state index contributed by atoms with van der Waals surface area (Å²) in [6.45, 7) is 6.23. The molecule has 1 N–H and O–H groups in total. The van der Waals surface area contributed by atoms with Gasteiger partial charge in [-0.05, 0) is 61.8 Å². The Bertz CT molecular complexity index is 1080. The van der Waals surface area contributed by atoms with Gasteiger partial charge in [-0.15, -0.1) is 11.3 Å². The zero-order chi connectivity index (χ0) is 20.0. The molecule has 0 radical (unpaired) electrons. The van der Waals surface area contributed by atoms with Crippen LogP contribution in [0, 0.1) is 13.8 Å². The quantitative estimate of drug-likeness (QED) is 0.620. The molecular formula is C23H25NO3S. The first kappa shape index (κ1) is 18.9. The first-order valence-electron chi connectivity index (χ1n) is 9.72. The molecule has 0 saturated heterocycles. The van der Waals surface area contributed by atoms with Gasteiger partial charge in [-0.1, -0.05) is 19.1 Å². The van der Waals surface area contributed by atoms with Crippen molar-refractivity contribution in [2.45, 2.75) is 52.4 Å². The van der Waals surface area contributed by atoms with Gasteiger partial charge < -0.3 is 9.84 Å². The van der Waals surface area contributed by atoms with Crippen LogP contribution in [-0.4, -0.2) is 23.2 Å². The minimum absolute atomic E-state index is 0.0415. The first-order valence-corrected chi connectivity index (χ1v) is 10.5. The van der Waals surface area contributed by atoms with Crippen LogP contribution >= 0.6 is 11.3 Å². The van der Waals surface area contributed by atoms with Crippen molar-refractivity contribution < 1.29 is 14.6 Å². The fourth-order valence-electron chi connectivity index (χ4n) is 4.44. The molecular weight excluding hydrogens is 370 g/mol. The number of hydrogen-bond donors (Lipinski definition) is 1. The third-order valence-corrected chi connectivity index (χ3v) is 6.91. The van der Waals surface area contributed by atoms with E-state index in [0.717, 1.165) is 56.8 Å². The summed E-state index contributed by atoms with van der Waals surface area (Å²) in [5, 5.41) is 10.7. The Morgan fingerprint density at radius 1 is 1.36 bits per heavy atom. The number of nitrogens with zero attached hydrogens (tertiary/aromatic N) is 1. The van der Waals surface area contributed by atoms with Gasteiger partial charge in [0.25, 0.3) is 0 Å². The average molecular weight is 396 g/mol. The monoisotopic (exact) mass is 395 g/mol. The maximum absolute atomic E-state index is 11.7. The van der Waals surface area contributed by atoms with Crippen LogP contribution in [-0.2, 0) is 17.6 Å². The number of benzene rings is 1. The van der Waals surface area contributed by atoms with Gasteiger partial charge in [0.05, 0.1) is 13.5 Å². The van der Waals surface area contributed by atoms with Crippen molar-refractivity contribution in [1.29, 1.82) is 0 Å². The van der Waals surface area contributed by atoms with Crippen LogP contribution in [0.25, 0.3) is 21.3 Å². The molecule has 146 valence electrons. The van der Waals surface area contributed by atoms with Crippen molar-refractivity contribution in [1.82, 2.24) is 4.98 Å². The second kappa shape index (κ2) is 7.21. The first-order chi connectivity index (χ1) is 13.4. The van der Waals surface area contributed by atoms with Gasteiger partial charge in [-0.2, -0.15) is 0 Å². The molecule has 2 heterocycles. The molecule has 4 rings (SSSR count). The summed E-state index contributed by atoms with van der Waals surface area (Å²) in [6.07, 6.45) is 3.40. The molecule has 0 fully saturated rings. The number of ether oxygens (including phenoxy) is 1. The molecule has 1 aromatic carbocycles. The smallest absolute Gasteiger partial charge is 0.307 e. The van der Waals surface area contributed by atoms with Crippen LogP contribution < -0.4 is 4.74 Å². The summed E-state index contributed by atoms with van der Waals surface area (Å²) < 4.78 is 5.71. The Morgan fingerprint density at radius 2 is 2.14 bits per heavy atom. The van der Waals surface area contributed by atoms with Crippen LogP contribution in [0.4, 0.5) is 0 Å². The maximum atomic E-state index is 11.7. The van der Waals surface area contributed by atoms with Crippen molar-refractivity contribution in [2.75, 3.05) is 7.11 Å². The normalized spacial score (nSPS) is 16.2. The molecule has 0 aliphatic heterocycles. The van der Waals surface area contributed by atoms with Crippen LogP contribution in [0.3, 0.4) is 0 Å². The molecule has 1 unspecified atom stereocenters. The van der Waals surface area contributed by atoms with E-state index < -0.39 is 5.97 Å². The lowest BCUT2D eigenvalue weighted by Gasteiger charge is -2.22. The number of aromatic nitrogens is 1. The van der Waals surface area contributed by atoms with Crippen molar-refractivity contribution in [2.24, 2.45) is 0 Å². The van der Waals surface area contributed by atoms with E-state index >= 15 is 0 Å². The molecule has 2 aromatic heterocycles. The lowest BCUT2D eigenvalue weighted by atomic mass is 9.83. The average Bonchev–Trinajstić information content (AvgIpc) is 3.01. The predicted molar refractivity (Wildman–Crippen MR) is 114 cm³/mol. The SMILES string of the molecule is COc1cc(C)ccc1-c1c(CC(=O)O)c(C)nc2sc3c(c12)C(C)CCC3. The zero-order valence-corrected chi connectivity index (χ0v) is 17.6. The van der Waals surface area contributed by atoms with Crippen molar-refractivity contribution >= 4 is 27.5 Å². The summed E-state index contributed by atoms with van der Waals surface area (Å²) >= 11 is 1.77. The summed E-state index contributed by atoms with van der Waals surface area (Å²) in [5.41, 5.74) is 6.01. The lowest BCUT2D eigenvalue weighted by molar-refractivity contribution is -0.136. The van der Waals surface area contributed by atoms with Gasteiger partial charge in [0.15, 0.2) is 0 Å². The Morgan fingerprint density at radius 3 is 2.86 bits per heavy atom. The topological polar surface area (TPSA) is 59.4 Å². The van der Waals surface area contributed by atoms with Crippen molar-refractivity contribution in [3.8, 4) is 16.9 Å². The fourth-order valence-corrected chi connectivity index (χ4v) is 5.83. The number of carbonyl (C=O) groups is 1. The number of carboxylic acid groups (broad SMARTS) is 1. The third kappa shape index (κ3) is 3.08. The highest BCUT2D eigenvalue weighted by Crippen LogP contribution is 2.48. The molecule has 5 heteroatoms. The summed E-state index contributed by atoms with van der Waals surface area (Å²) in [4.78, 5) is 18.9. The number of thiophene rings is 1. The number of carboxylic acids is 1. The Labute approximate surface area is 169 Å². The molecule has 0 bridgehead atoms. The number of hydrogen-bond acceptors (Lipinski definition) is 4. The summed E-state index contributed by atoms with van der Waals surface area (Å²) in [7, 11) is 1.67. The maximum Gasteiger partial charge on any atom is 0.307 e. The number of aryl methyl sites for hydroxylation is 3. The van der Waals surface area contributed by atoms with Gasteiger partial charge in [0.1, 0.15) is 10.6 Å². The van der Waals surface area contributed by atoms with E-state index in [2.05, 4.69) is 19.1 Å². The minimum atomic E-state index is -0.839. The largest absolute Gasteiger partial charge is 0.496 e. The molecule has 1 aliphatic rings. The summed E-state index contributed by atoms with van der Waals surface area (Å²) in [6, 6.07) is 6.14. The van der Waals surface area contributed by atoms with E-state index in [9.17, 15) is 9.90 Å². The van der Waals surface area contributed by atoms with E-state index in [1.807, 2.05) is 19.9 Å². The van der Waals surface area contributed by atoms with Crippen LogP contribution in [0.5, 0.6) is 5.75 Å². The molecule has 0 spiro atoms. The Balaban J connectivity index is 2.15. The van der Waals surface area contributed by atoms with E-state index in [0.29, 0.717) is 5.92 Å². The zero-order valence-electron chi connectivity index (χ0n) is 16.8. The van der Waals surface area contributed by atoms with E-state index in [1.165, 1.54) is 16.9 Å². The number of pyridine rings is 1. The van der Waals surface area contributed by atoms with E-state index in [-0.39, 0.29) is 6.42 Å². The highest BCUT2D eigenvalue weighted by molar-refractivity contribution is 7.19. The van der Waals surface area contributed by atoms with Crippen LogP contribution in [0.15, 0.2) is 18.2 Å². The third-order valence-electron chi connectivity index (χ3n) is 5.75. The number of methoxy groups -OCH3 is 1. The molecule has 0 amide bonds. The molecule has 1 aliphatic carbocycles. The second-order valence-corrected chi connectivity index (χ2v) is 8.82. The molecule has 0 saturated carbocycles. The number of rotatable bonds is 4. The molecule has 1 atom stereocenters.